The highest BCUT2D eigenvalue weighted by Gasteiger charge is 2.35. The van der Waals surface area contributed by atoms with Gasteiger partial charge in [-0.05, 0) is 48.7 Å². The second kappa shape index (κ2) is 6.71. The number of carbonyl (C=O) groups excluding carboxylic acids is 2. The van der Waals surface area contributed by atoms with Gasteiger partial charge in [0.15, 0.2) is 0 Å². The van der Waals surface area contributed by atoms with Gasteiger partial charge < -0.3 is 5.32 Å². The molecule has 4 rings (SSSR count). The number of halogens is 1. The van der Waals surface area contributed by atoms with Crippen LogP contribution in [-0.4, -0.2) is 34.8 Å². The summed E-state index contributed by atoms with van der Waals surface area (Å²) in [5.74, 6) is 0.0135. The molecule has 1 saturated heterocycles. The zero-order chi connectivity index (χ0) is 15.8. The van der Waals surface area contributed by atoms with Gasteiger partial charge in [0.1, 0.15) is 0 Å². The molecule has 0 spiro atoms. The Morgan fingerprint density at radius 1 is 1.12 bits per heavy atom. The number of nitrogens with zero attached hydrogens (tertiary/aromatic N) is 2. The fourth-order valence-electron chi connectivity index (χ4n) is 3.32. The van der Waals surface area contributed by atoms with E-state index in [4.69, 9.17) is 0 Å². The molecule has 3 heterocycles. The fourth-order valence-corrected chi connectivity index (χ4v) is 3.32. The van der Waals surface area contributed by atoms with Crippen molar-refractivity contribution in [2.24, 2.45) is 0 Å². The average molecular weight is 344 g/mol. The third kappa shape index (κ3) is 2.81. The van der Waals surface area contributed by atoms with Gasteiger partial charge in [0, 0.05) is 12.7 Å². The SMILES string of the molecule is Cl.O=C1c2ccccc2C(=O)N1Cc1cc(C2CCNC2)ccn1. The van der Waals surface area contributed by atoms with Crippen LogP contribution in [-0.2, 0) is 6.54 Å². The minimum absolute atomic E-state index is 0. The molecule has 2 amide bonds. The smallest absolute Gasteiger partial charge is 0.261 e. The molecule has 2 aromatic rings. The van der Waals surface area contributed by atoms with Crippen LogP contribution < -0.4 is 5.32 Å². The first-order valence-corrected chi connectivity index (χ1v) is 7.85. The summed E-state index contributed by atoms with van der Waals surface area (Å²) in [6, 6.07) is 11.0. The summed E-state index contributed by atoms with van der Waals surface area (Å²) in [5.41, 5.74) is 2.93. The number of pyridine rings is 1. The summed E-state index contributed by atoms with van der Waals surface area (Å²) in [4.78, 5) is 30.5. The number of rotatable bonds is 3. The van der Waals surface area contributed by atoms with Gasteiger partial charge >= 0.3 is 0 Å². The summed E-state index contributed by atoms with van der Waals surface area (Å²) in [7, 11) is 0. The van der Waals surface area contributed by atoms with E-state index in [0.717, 1.165) is 25.2 Å². The molecule has 5 nitrogen and oxygen atoms in total. The number of hydrogen-bond donors (Lipinski definition) is 1. The largest absolute Gasteiger partial charge is 0.316 e. The molecule has 1 atom stereocenters. The topological polar surface area (TPSA) is 62.3 Å². The summed E-state index contributed by atoms with van der Waals surface area (Å²) < 4.78 is 0. The van der Waals surface area contributed by atoms with Crippen LogP contribution in [0.2, 0.25) is 0 Å². The number of aromatic nitrogens is 1. The van der Waals surface area contributed by atoms with Crippen molar-refractivity contribution in [3.63, 3.8) is 0 Å². The molecule has 1 unspecified atom stereocenters. The third-order valence-electron chi connectivity index (χ3n) is 4.57. The highest BCUT2D eigenvalue weighted by molar-refractivity contribution is 6.21. The van der Waals surface area contributed by atoms with Gasteiger partial charge in [0.2, 0.25) is 0 Å². The molecular weight excluding hydrogens is 326 g/mol. The Bertz CT molecular complexity index is 752. The molecule has 1 fully saturated rings. The predicted molar refractivity (Wildman–Crippen MR) is 92.4 cm³/mol. The standard InChI is InChI=1S/C18H17N3O2.ClH/c22-17-15-3-1-2-4-16(15)18(23)21(17)11-14-9-12(6-8-20-14)13-5-7-19-10-13;/h1-4,6,8-9,13,19H,5,7,10-11H2;1H. The van der Waals surface area contributed by atoms with Gasteiger partial charge in [-0.25, -0.2) is 0 Å². The van der Waals surface area contributed by atoms with E-state index in [0.29, 0.717) is 17.0 Å². The maximum atomic E-state index is 12.4. The van der Waals surface area contributed by atoms with Crippen LogP contribution >= 0.6 is 12.4 Å². The maximum absolute atomic E-state index is 12.4. The van der Waals surface area contributed by atoms with Crippen LogP contribution in [0.15, 0.2) is 42.6 Å². The summed E-state index contributed by atoms with van der Waals surface area (Å²) in [6.45, 7) is 2.22. The first-order chi connectivity index (χ1) is 11.2. The van der Waals surface area contributed by atoms with Crippen molar-refractivity contribution < 1.29 is 9.59 Å². The molecule has 124 valence electrons. The van der Waals surface area contributed by atoms with E-state index < -0.39 is 0 Å². The van der Waals surface area contributed by atoms with E-state index >= 15 is 0 Å². The zero-order valence-electron chi connectivity index (χ0n) is 13.1. The first kappa shape index (κ1) is 16.6. The van der Waals surface area contributed by atoms with Gasteiger partial charge in [-0.3, -0.25) is 19.5 Å². The lowest BCUT2D eigenvalue weighted by molar-refractivity contribution is 0.0640. The Balaban J connectivity index is 0.00000169. The fraction of sp³-hybridized carbons (Fsp3) is 0.278. The predicted octanol–water partition coefficient (Wildman–Crippen LogP) is 2.38. The lowest BCUT2D eigenvalue weighted by atomic mass is 9.99. The normalized spacial score (nSPS) is 19.3. The quantitative estimate of drug-likeness (QED) is 0.869. The van der Waals surface area contributed by atoms with Crippen molar-refractivity contribution in [3.8, 4) is 0 Å². The molecule has 2 aliphatic rings. The summed E-state index contributed by atoms with van der Waals surface area (Å²) >= 11 is 0. The molecule has 1 N–H and O–H groups in total. The van der Waals surface area contributed by atoms with E-state index in [1.54, 1.807) is 30.5 Å². The van der Waals surface area contributed by atoms with Crippen molar-refractivity contribution in [1.29, 1.82) is 0 Å². The molecule has 0 bridgehead atoms. The van der Waals surface area contributed by atoms with Crippen molar-refractivity contribution in [1.82, 2.24) is 15.2 Å². The Kier molecular flexibility index (Phi) is 4.64. The highest BCUT2D eigenvalue weighted by Crippen LogP contribution is 2.26. The van der Waals surface area contributed by atoms with E-state index in [9.17, 15) is 9.59 Å². The second-order valence-electron chi connectivity index (χ2n) is 6.01. The Labute approximate surface area is 146 Å². The Morgan fingerprint density at radius 3 is 2.46 bits per heavy atom. The highest BCUT2D eigenvalue weighted by atomic mass is 35.5. The first-order valence-electron chi connectivity index (χ1n) is 7.85. The minimum Gasteiger partial charge on any atom is -0.316 e. The van der Waals surface area contributed by atoms with Crippen molar-refractivity contribution in [3.05, 3.63) is 65.0 Å². The van der Waals surface area contributed by atoms with E-state index in [-0.39, 0.29) is 30.8 Å². The maximum Gasteiger partial charge on any atom is 0.261 e. The molecule has 1 aromatic carbocycles. The Hall–Kier alpha value is -2.24. The lowest BCUT2D eigenvalue weighted by Gasteiger charge is -2.15. The number of amides is 2. The van der Waals surface area contributed by atoms with E-state index in [2.05, 4.69) is 10.3 Å². The van der Waals surface area contributed by atoms with Crippen LogP contribution in [0.3, 0.4) is 0 Å². The van der Waals surface area contributed by atoms with Gasteiger partial charge in [-0.2, -0.15) is 0 Å². The number of nitrogens with one attached hydrogen (secondary N) is 1. The molecule has 0 aliphatic carbocycles. The lowest BCUT2D eigenvalue weighted by Crippen LogP contribution is -2.29. The number of benzene rings is 1. The van der Waals surface area contributed by atoms with E-state index in [1.807, 2.05) is 12.1 Å². The molecule has 6 heteroatoms. The van der Waals surface area contributed by atoms with Crippen LogP contribution in [0.25, 0.3) is 0 Å². The third-order valence-corrected chi connectivity index (χ3v) is 4.57. The van der Waals surface area contributed by atoms with Crippen molar-refractivity contribution in [2.45, 2.75) is 18.9 Å². The van der Waals surface area contributed by atoms with Crippen LogP contribution in [0.4, 0.5) is 0 Å². The van der Waals surface area contributed by atoms with Crippen molar-refractivity contribution in [2.75, 3.05) is 13.1 Å². The zero-order valence-corrected chi connectivity index (χ0v) is 13.9. The molecule has 0 radical (unpaired) electrons. The number of hydrogen-bond acceptors (Lipinski definition) is 4. The van der Waals surface area contributed by atoms with Gasteiger partial charge in [-0.1, -0.05) is 12.1 Å². The van der Waals surface area contributed by atoms with Crippen molar-refractivity contribution >= 4 is 24.2 Å². The van der Waals surface area contributed by atoms with Crippen LogP contribution in [0, 0.1) is 0 Å². The second-order valence-corrected chi connectivity index (χ2v) is 6.01. The average Bonchev–Trinajstić information content (AvgIpc) is 3.20. The van der Waals surface area contributed by atoms with Gasteiger partial charge in [0.25, 0.3) is 11.8 Å². The number of carbonyl (C=O) groups is 2. The molecular formula is C18H18ClN3O2. The molecule has 1 aromatic heterocycles. The van der Waals surface area contributed by atoms with E-state index in [1.165, 1.54) is 10.5 Å². The molecule has 0 saturated carbocycles. The van der Waals surface area contributed by atoms with Gasteiger partial charge in [0.05, 0.1) is 23.4 Å². The van der Waals surface area contributed by atoms with Crippen LogP contribution in [0.1, 0.15) is 44.3 Å². The monoisotopic (exact) mass is 343 g/mol. The number of fused-ring (bicyclic) bond motifs is 1. The van der Waals surface area contributed by atoms with Gasteiger partial charge in [-0.15, -0.1) is 12.4 Å². The number of imide groups is 1. The molecule has 2 aliphatic heterocycles. The summed E-state index contributed by atoms with van der Waals surface area (Å²) in [5, 5.41) is 3.35. The Morgan fingerprint density at radius 2 is 1.83 bits per heavy atom. The minimum atomic E-state index is -0.236. The van der Waals surface area contributed by atoms with Crippen LogP contribution in [0.5, 0.6) is 0 Å². The molecule has 24 heavy (non-hydrogen) atoms. The summed E-state index contributed by atoms with van der Waals surface area (Å²) in [6.07, 6.45) is 2.87.